The number of methoxy groups -OCH3 is 1. The molecule has 110 valence electrons. The van der Waals surface area contributed by atoms with Crippen LogP contribution in [0.25, 0.3) is 0 Å². The molecule has 1 fully saturated rings. The average molecular weight is 293 g/mol. The minimum Gasteiger partial charge on any atom is -0.380 e. The Bertz CT molecular complexity index is 450. The zero-order valence-corrected chi connectivity index (χ0v) is 13.0. The molecule has 0 spiro atoms. The highest BCUT2D eigenvalue weighted by atomic mass is 32.2. The molecule has 0 heterocycles. The van der Waals surface area contributed by atoms with E-state index >= 15 is 0 Å². The molecule has 1 aromatic rings. The standard InChI is InChI=1S/C16H23NO2S/c1-3-20-15-10-6-9-14(15)17-16(18)13-8-5-4-7-12(13)11-19-2/h4-5,7-8,14-15H,3,6,9-11H2,1-2H3,(H,17,18)/t14-,15+/m1/s1. The lowest BCUT2D eigenvalue weighted by atomic mass is 10.1. The van der Waals surface area contributed by atoms with Crippen molar-refractivity contribution in [1.82, 2.24) is 5.32 Å². The molecule has 0 radical (unpaired) electrons. The van der Waals surface area contributed by atoms with Crippen molar-refractivity contribution >= 4 is 17.7 Å². The zero-order chi connectivity index (χ0) is 14.4. The number of amides is 1. The highest BCUT2D eigenvalue weighted by Gasteiger charge is 2.29. The third-order valence-electron chi connectivity index (χ3n) is 3.71. The molecule has 0 aromatic heterocycles. The summed E-state index contributed by atoms with van der Waals surface area (Å²) in [6, 6.07) is 7.98. The zero-order valence-electron chi connectivity index (χ0n) is 12.2. The summed E-state index contributed by atoms with van der Waals surface area (Å²) in [5.74, 6) is 1.14. The Morgan fingerprint density at radius 3 is 2.95 bits per heavy atom. The van der Waals surface area contributed by atoms with Crippen molar-refractivity contribution in [2.75, 3.05) is 12.9 Å². The summed E-state index contributed by atoms with van der Waals surface area (Å²) < 4.78 is 5.16. The molecule has 1 amide bonds. The summed E-state index contributed by atoms with van der Waals surface area (Å²) in [5.41, 5.74) is 1.69. The van der Waals surface area contributed by atoms with E-state index in [1.54, 1.807) is 7.11 Å². The average Bonchev–Trinajstić information content (AvgIpc) is 2.87. The number of rotatable bonds is 6. The fraction of sp³-hybridized carbons (Fsp3) is 0.562. The molecule has 0 bridgehead atoms. The van der Waals surface area contributed by atoms with Gasteiger partial charge in [0.2, 0.25) is 0 Å². The van der Waals surface area contributed by atoms with E-state index < -0.39 is 0 Å². The van der Waals surface area contributed by atoms with Crippen LogP contribution in [0.1, 0.15) is 42.1 Å². The second kappa shape index (κ2) is 7.70. The quantitative estimate of drug-likeness (QED) is 0.875. The van der Waals surface area contributed by atoms with Gasteiger partial charge in [0, 0.05) is 24.0 Å². The van der Waals surface area contributed by atoms with Crippen molar-refractivity contribution in [3.63, 3.8) is 0 Å². The Labute approximate surface area is 125 Å². The van der Waals surface area contributed by atoms with Gasteiger partial charge in [0.25, 0.3) is 5.91 Å². The largest absolute Gasteiger partial charge is 0.380 e. The maximum atomic E-state index is 12.5. The Hall–Kier alpha value is -1.00. The van der Waals surface area contributed by atoms with Crippen LogP contribution in [0.5, 0.6) is 0 Å². The van der Waals surface area contributed by atoms with Crippen LogP contribution in [0.15, 0.2) is 24.3 Å². The summed E-state index contributed by atoms with van der Waals surface area (Å²) in [4.78, 5) is 12.5. The lowest BCUT2D eigenvalue weighted by Gasteiger charge is -2.21. The minimum atomic E-state index is 0.0336. The van der Waals surface area contributed by atoms with Crippen molar-refractivity contribution in [3.8, 4) is 0 Å². The molecule has 2 rings (SSSR count). The highest BCUT2D eigenvalue weighted by molar-refractivity contribution is 7.99. The highest BCUT2D eigenvalue weighted by Crippen LogP contribution is 2.30. The van der Waals surface area contributed by atoms with E-state index in [0.717, 1.165) is 23.3 Å². The maximum absolute atomic E-state index is 12.5. The maximum Gasteiger partial charge on any atom is 0.251 e. The number of ether oxygens (including phenoxy) is 1. The van der Waals surface area contributed by atoms with Gasteiger partial charge < -0.3 is 10.1 Å². The van der Waals surface area contributed by atoms with Gasteiger partial charge in [-0.3, -0.25) is 4.79 Å². The van der Waals surface area contributed by atoms with E-state index in [2.05, 4.69) is 12.2 Å². The molecular formula is C16H23NO2S. The molecule has 1 aromatic carbocycles. The van der Waals surface area contributed by atoms with Crippen molar-refractivity contribution < 1.29 is 9.53 Å². The van der Waals surface area contributed by atoms with Gasteiger partial charge >= 0.3 is 0 Å². The summed E-state index contributed by atoms with van der Waals surface area (Å²) in [6.07, 6.45) is 3.52. The second-order valence-electron chi connectivity index (χ2n) is 5.09. The molecule has 3 nitrogen and oxygen atoms in total. The molecule has 0 saturated heterocycles. The van der Waals surface area contributed by atoms with E-state index in [0.29, 0.717) is 17.9 Å². The molecule has 4 heteroatoms. The first-order valence-electron chi connectivity index (χ1n) is 7.25. The minimum absolute atomic E-state index is 0.0336. The molecule has 0 unspecified atom stereocenters. The van der Waals surface area contributed by atoms with Gasteiger partial charge in [-0.2, -0.15) is 11.8 Å². The smallest absolute Gasteiger partial charge is 0.251 e. The van der Waals surface area contributed by atoms with E-state index in [9.17, 15) is 4.79 Å². The van der Waals surface area contributed by atoms with E-state index in [1.807, 2.05) is 36.0 Å². The predicted octanol–water partition coefficient (Wildman–Crippen LogP) is 3.24. The van der Waals surface area contributed by atoms with Crippen LogP contribution in [-0.4, -0.2) is 30.1 Å². The Kier molecular flexibility index (Phi) is 5.92. The normalized spacial score (nSPS) is 21.9. The van der Waals surface area contributed by atoms with Crippen LogP contribution >= 0.6 is 11.8 Å². The fourth-order valence-electron chi connectivity index (χ4n) is 2.77. The van der Waals surface area contributed by atoms with Crippen molar-refractivity contribution in [2.24, 2.45) is 0 Å². The summed E-state index contributed by atoms with van der Waals surface area (Å²) in [5, 5.41) is 3.78. The first-order chi connectivity index (χ1) is 9.76. The molecule has 1 N–H and O–H groups in total. The first kappa shape index (κ1) is 15.4. The lowest BCUT2D eigenvalue weighted by molar-refractivity contribution is 0.0933. The second-order valence-corrected chi connectivity index (χ2v) is 6.61. The number of hydrogen-bond donors (Lipinski definition) is 1. The SMILES string of the molecule is CCS[C@H]1CCC[C@H]1NC(=O)c1ccccc1COC. The van der Waals surface area contributed by atoms with Crippen LogP contribution in [0.2, 0.25) is 0 Å². The van der Waals surface area contributed by atoms with Crippen LogP contribution < -0.4 is 5.32 Å². The predicted molar refractivity (Wildman–Crippen MR) is 84.2 cm³/mol. The Morgan fingerprint density at radius 1 is 1.40 bits per heavy atom. The monoisotopic (exact) mass is 293 g/mol. The van der Waals surface area contributed by atoms with Crippen LogP contribution in [0, 0.1) is 0 Å². The van der Waals surface area contributed by atoms with Crippen molar-refractivity contribution in [1.29, 1.82) is 0 Å². The van der Waals surface area contributed by atoms with Crippen molar-refractivity contribution in [2.45, 2.75) is 44.1 Å². The van der Waals surface area contributed by atoms with Crippen molar-refractivity contribution in [3.05, 3.63) is 35.4 Å². The number of hydrogen-bond acceptors (Lipinski definition) is 3. The van der Waals surface area contributed by atoms with Gasteiger partial charge in [-0.15, -0.1) is 0 Å². The third kappa shape index (κ3) is 3.76. The molecule has 1 saturated carbocycles. The first-order valence-corrected chi connectivity index (χ1v) is 8.30. The fourth-order valence-corrected chi connectivity index (χ4v) is 3.97. The van der Waals surface area contributed by atoms with E-state index in [1.165, 1.54) is 12.8 Å². The van der Waals surface area contributed by atoms with Gasteiger partial charge in [-0.1, -0.05) is 31.5 Å². The molecular weight excluding hydrogens is 270 g/mol. The lowest BCUT2D eigenvalue weighted by Crippen LogP contribution is -2.39. The number of carbonyl (C=O) groups excluding carboxylic acids is 1. The molecule has 1 aliphatic rings. The third-order valence-corrected chi connectivity index (χ3v) is 5.04. The number of benzene rings is 1. The van der Waals surface area contributed by atoms with Crippen LogP contribution in [-0.2, 0) is 11.3 Å². The summed E-state index contributed by atoms with van der Waals surface area (Å²) >= 11 is 1.96. The van der Waals surface area contributed by atoms with Gasteiger partial charge in [0.1, 0.15) is 0 Å². The van der Waals surface area contributed by atoms with E-state index in [4.69, 9.17) is 4.74 Å². The Morgan fingerprint density at radius 2 is 2.20 bits per heavy atom. The van der Waals surface area contributed by atoms with Crippen LogP contribution in [0.3, 0.4) is 0 Å². The van der Waals surface area contributed by atoms with E-state index in [-0.39, 0.29) is 5.91 Å². The number of carbonyl (C=O) groups is 1. The number of thioether (sulfide) groups is 1. The molecule has 0 aliphatic heterocycles. The van der Waals surface area contributed by atoms with Gasteiger partial charge in [-0.05, 0) is 30.2 Å². The summed E-state index contributed by atoms with van der Waals surface area (Å²) in [6.45, 7) is 2.65. The Balaban J connectivity index is 2.04. The summed E-state index contributed by atoms with van der Waals surface area (Å²) in [7, 11) is 1.65. The van der Waals surface area contributed by atoms with Gasteiger partial charge in [0.15, 0.2) is 0 Å². The van der Waals surface area contributed by atoms with Gasteiger partial charge in [0.05, 0.1) is 6.61 Å². The van der Waals surface area contributed by atoms with Gasteiger partial charge in [-0.25, -0.2) is 0 Å². The topological polar surface area (TPSA) is 38.3 Å². The molecule has 20 heavy (non-hydrogen) atoms. The van der Waals surface area contributed by atoms with Crippen LogP contribution in [0.4, 0.5) is 0 Å². The molecule has 1 aliphatic carbocycles. The molecule has 2 atom stereocenters. The number of nitrogens with one attached hydrogen (secondary N) is 1.